The van der Waals surface area contributed by atoms with Crippen LogP contribution in [0.25, 0.3) is 11.0 Å². The van der Waals surface area contributed by atoms with Crippen molar-refractivity contribution in [3.63, 3.8) is 0 Å². The lowest BCUT2D eigenvalue weighted by molar-refractivity contribution is -0.431. The molecule has 0 saturated heterocycles. The van der Waals surface area contributed by atoms with Crippen molar-refractivity contribution in [1.29, 1.82) is 0 Å². The minimum atomic E-state index is -1.01. The Morgan fingerprint density at radius 2 is 2.19 bits per heavy atom. The zero-order chi connectivity index (χ0) is 18.8. The van der Waals surface area contributed by atoms with Crippen molar-refractivity contribution in [2.75, 3.05) is 6.61 Å². The number of ether oxygens (including phenoxy) is 1. The van der Waals surface area contributed by atoms with E-state index >= 15 is 0 Å². The number of aromatic nitrogens is 2. The van der Waals surface area contributed by atoms with Crippen LogP contribution in [0.2, 0.25) is 0 Å². The minimum absolute atomic E-state index is 0.0908. The Hall–Kier alpha value is -3.67. The van der Waals surface area contributed by atoms with Crippen LogP contribution in [0.1, 0.15) is 25.3 Å². The Kier molecular flexibility index (Phi) is 4.41. The fourth-order valence-corrected chi connectivity index (χ4v) is 3.04. The highest BCUT2D eigenvalue weighted by Crippen LogP contribution is 2.40. The molecule has 0 radical (unpaired) electrons. The van der Waals surface area contributed by atoms with Gasteiger partial charge in [-0.3, -0.25) is 10.1 Å². The Balaban J connectivity index is 2.24. The number of fused-ring (bicyclic) bond motifs is 1. The summed E-state index contributed by atoms with van der Waals surface area (Å²) in [6.07, 6.45) is 5.14. The fourth-order valence-electron chi connectivity index (χ4n) is 3.04. The first-order chi connectivity index (χ1) is 12.5. The van der Waals surface area contributed by atoms with Crippen LogP contribution in [-0.2, 0) is 9.53 Å². The van der Waals surface area contributed by atoms with E-state index in [0.717, 1.165) is 0 Å². The zero-order valence-electron chi connectivity index (χ0n) is 14.0. The first-order valence-electron chi connectivity index (χ1n) is 7.60. The van der Waals surface area contributed by atoms with E-state index in [2.05, 4.69) is 21.6 Å². The summed E-state index contributed by atoms with van der Waals surface area (Å²) in [7, 11) is 0. The first-order valence-corrected chi connectivity index (χ1v) is 7.60. The summed E-state index contributed by atoms with van der Waals surface area (Å²) in [5.41, 5.74) is 1.85. The highest BCUT2D eigenvalue weighted by molar-refractivity contribution is 5.94. The van der Waals surface area contributed by atoms with Crippen molar-refractivity contribution >= 4 is 17.0 Å². The van der Waals surface area contributed by atoms with Crippen LogP contribution in [0.5, 0.6) is 0 Å². The zero-order valence-corrected chi connectivity index (χ0v) is 14.0. The third kappa shape index (κ3) is 2.77. The van der Waals surface area contributed by atoms with Gasteiger partial charge in [0, 0.05) is 11.3 Å². The first kappa shape index (κ1) is 17.2. The van der Waals surface area contributed by atoms with Crippen LogP contribution in [0.15, 0.2) is 45.5 Å². The van der Waals surface area contributed by atoms with Crippen LogP contribution in [0.4, 0.5) is 0 Å². The van der Waals surface area contributed by atoms with Gasteiger partial charge < -0.3 is 10.1 Å². The van der Waals surface area contributed by atoms with Crippen molar-refractivity contribution in [3.05, 3.63) is 56.5 Å². The number of rotatable bonds is 4. The maximum absolute atomic E-state index is 12.6. The number of nitrogens with zero attached hydrogens (tertiary/aromatic N) is 3. The highest BCUT2D eigenvalue weighted by atomic mass is 16.6. The number of nitro groups is 1. The number of terminal acetylenes is 1. The normalized spacial score (nSPS) is 17.0. The van der Waals surface area contributed by atoms with Gasteiger partial charge in [0.25, 0.3) is 5.70 Å². The second kappa shape index (κ2) is 6.68. The maximum Gasteiger partial charge on any atom is 0.337 e. The average Bonchev–Trinajstić information content (AvgIpc) is 3.07. The monoisotopic (exact) mass is 354 g/mol. The van der Waals surface area contributed by atoms with Gasteiger partial charge >= 0.3 is 5.97 Å². The van der Waals surface area contributed by atoms with Gasteiger partial charge in [0.15, 0.2) is 6.61 Å². The molecule has 0 aliphatic carbocycles. The molecule has 9 heteroatoms. The van der Waals surface area contributed by atoms with E-state index in [0.29, 0.717) is 28.0 Å². The van der Waals surface area contributed by atoms with Gasteiger partial charge in [0.05, 0.1) is 16.2 Å². The number of hydrogen-bond donors (Lipinski definition) is 1. The molecule has 2 heterocycles. The molecule has 0 fully saturated rings. The van der Waals surface area contributed by atoms with Gasteiger partial charge in [-0.15, -0.1) is 6.42 Å². The molecule has 1 aromatic heterocycles. The van der Waals surface area contributed by atoms with E-state index < -0.39 is 16.8 Å². The molecule has 0 saturated carbocycles. The minimum Gasteiger partial charge on any atom is -0.449 e. The van der Waals surface area contributed by atoms with Gasteiger partial charge in [-0.1, -0.05) is 18.1 Å². The number of allylic oxidation sites excluding steroid dienone is 3. The van der Waals surface area contributed by atoms with Crippen LogP contribution in [0, 0.1) is 22.5 Å². The van der Waals surface area contributed by atoms with E-state index in [9.17, 15) is 14.9 Å². The van der Waals surface area contributed by atoms with Crippen LogP contribution in [-0.4, -0.2) is 27.8 Å². The lowest BCUT2D eigenvalue weighted by atomic mass is 9.83. The maximum atomic E-state index is 12.6. The molecule has 26 heavy (non-hydrogen) atoms. The lowest BCUT2D eigenvalue weighted by Crippen LogP contribution is -2.31. The van der Waals surface area contributed by atoms with Gasteiger partial charge in [-0.25, -0.2) is 9.42 Å². The fraction of sp³-hybridized carbons (Fsp3) is 0.235. The second-order valence-electron chi connectivity index (χ2n) is 5.62. The van der Waals surface area contributed by atoms with Crippen molar-refractivity contribution in [2.24, 2.45) is 0 Å². The molecule has 1 aromatic carbocycles. The summed E-state index contributed by atoms with van der Waals surface area (Å²) in [5.74, 6) is 0.461. The summed E-state index contributed by atoms with van der Waals surface area (Å²) in [5, 5.41) is 22.2. The number of hydrogen-bond acceptors (Lipinski definition) is 8. The predicted molar refractivity (Wildman–Crippen MR) is 89.9 cm³/mol. The molecule has 2 aromatic rings. The molecule has 1 atom stereocenters. The lowest BCUT2D eigenvalue weighted by Gasteiger charge is -2.26. The highest BCUT2D eigenvalue weighted by Gasteiger charge is 2.42. The number of carbonyl (C=O) groups is 1. The quantitative estimate of drug-likeness (QED) is 0.382. The molecule has 3 rings (SSSR count). The van der Waals surface area contributed by atoms with E-state index in [4.69, 9.17) is 15.8 Å². The van der Waals surface area contributed by atoms with E-state index in [1.807, 2.05) is 0 Å². The summed E-state index contributed by atoms with van der Waals surface area (Å²) < 4.78 is 9.78. The summed E-state index contributed by atoms with van der Waals surface area (Å²) >= 11 is 0. The number of carbonyl (C=O) groups excluding carboxylic acids is 1. The van der Waals surface area contributed by atoms with E-state index in [-0.39, 0.29) is 17.9 Å². The van der Waals surface area contributed by atoms with Crippen LogP contribution < -0.4 is 5.32 Å². The third-order valence-corrected chi connectivity index (χ3v) is 4.06. The molecular weight excluding hydrogens is 340 g/mol. The number of benzene rings is 1. The van der Waals surface area contributed by atoms with Gasteiger partial charge in [-0.05, 0) is 30.2 Å². The predicted octanol–water partition coefficient (Wildman–Crippen LogP) is 1.87. The molecule has 0 unspecified atom stereocenters. The van der Waals surface area contributed by atoms with Gasteiger partial charge in [0.1, 0.15) is 17.0 Å². The molecule has 1 aliphatic rings. The smallest absolute Gasteiger partial charge is 0.337 e. The molecule has 0 amide bonds. The molecule has 1 aliphatic heterocycles. The Morgan fingerprint density at radius 1 is 1.42 bits per heavy atom. The number of nitrogens with one attached hydrogen (secondary N) is 1. The molecule has 0 spiro atoms. The van der Waals surface area contributed by atoms with E-state index in [1.165, 1.54) is 0 Å². The Bertz CT molecular complexity index is 1010. The summed E-state index contributed by atoms with van der Waals surface area (Å²) in [4.78, 5) is 23.8. The van der Waals surface area contributed by atoms with Crippen LogP contribution >= 0.6 is 0 Å². The van der Waals surface area contributed by atoms with Gasteiger partial charge in [-0.2, -0.15) is 0 Å². The van der Waals surface area contributed by atoms with Crippen molar-refractivity contribution < 1.29 is 19.1 Å². The molecule has 1 N–H and O–H groups in total. The van der Waals surface area contributed by atoms with E-state index in [1.54, 1.807) is 32.0 Å². The Labute approximate surface area is 147 Å². The molecular formula is C17H14N4O5. The summed E-state index contributed by atoms with van der Waals surface area (Å²) in [6, 6.07) is 4.96. The molecule has 9 nitrogen and oxygen atoms in total. The topological polar surface area (TPSA) is 120 Å². The van der Waals surface area contributed by atoms with Gasteiger partial charge in [0.2, 0.25) is 0 Å². The van der Waals surface area contributed by atoms with Crippen molar-refractivity contribution in [3.8, 4) is 12.3 Å². The number of dihydropyridines is 1. The molecule has 132 valence electrons. The Morgan fingerprint density at radius 3 is 2.88 bits per heavy atom. The number of esters is 1. The van der Waals surface area contributed by atoms with Crippen molar-refractivity contribution in [1.82, 2.24) is 15.6 Å². The largest absolute Gasteiger partial charge is 0.449 e. The van der Waals surface area contributed by atoms with Crippen molar-refractivity contribution in [2.45, 2.75) is 19.8 Å². The SMILES string of the molecule is C#CCOC(=O)C1=C(C)NC(C)=C([N+](=O)[O-])[C@H]1c1cccc2nonc12. The standard InChI is InChI=1S/C17H14N4O5/c1-4-8-25-17(22)13-9(2)18-10(3)16(21(23)24)14(13)11-6-5-7-12-15(11)20-26-19-12/h1,5-7,14,18H,8H2,2-3H3/t14-/m0/s1. The second-order valence-corrected chi connectivity index (χ2v) is 5.62. The summed E-state index contributed by atoms with van der Waals surface area (Å²) in [6.45, 7) is 2.97. The van der Waals surface area contributed by atoms with Crippen LogP contribution in [0.3, 0.4) is 0 Å². The molecule has 0 bridgehead atoms. The third-order valence-electron chi connectivity index (χ3n) is 4.06. The average molecular weight is 354 g/mol.